The summed E-state index contributed by atoms with van der Waals surface area (Å²) in [5.74, 6) is -1.24. The Bertz CT molecular complexity index is 716. The minimum Gasteiger partial charge on any atom is -0.475 e. The number of aromatic nitrogens is 1. The molecule has 6 nitrogen and oxygen atoms in total. The van der Waals surface area contributed by atoms with E-state index in [2.05, 4.69) is 10.7 Å². The lowest BCUT2D eigenvalue weighted by Gasteiger charge is -2.19. The van der Waals surface area contributed by atoms with Gasteiger partial charge in [0, 0.05) is 24.3 Å². The van der Waals surface area contributed by atoms with E-state index in [0.717, 1.165) is 5.01 Å². The first-order valence-electron chi connectivity index (χ1n) is 8.19. The second-order valence-electron chi connectivity index (χ2n) is 5.98. The van der Waals surface area contributed by atoms with Gasteiger partial charge in [-0.2, -0.15) is 0 Å². The number of carboxylic acid groups (broad SMARTS) is 1. The van der Waals surface area contributed by atoms with Crippen molar-refractivity contribution < 1.29 is 19.1 Å². The molecule has 128 valence electrons. The standard InChI is InChI=1S/C17H20N2O4S/c20-16(13-6-7-14(23-13)17(21)22)18-9-8-15-19-12(10-24-15)11-4-2-1-3-5-11/h6-7,10-11H,1-5,8-9H2,(H,18,20)(H,21,22). The Morgan fingerprint density at radius 2 is 2.00 bits per heavy atom. The summed E-state index contributed by atoms with van der Waals surface area (Å²) in [5, 5.41) is 14.7. The Morgan fingerprint density at radius 1 is 1.25 bits per heavy atom. The fourth-order valence-corrected chi connectivity index (χ4v) is 3.85. The number of amides is 1. The average molecular weight is 348 g/mol. The van der Waals surface area contributed by atoms with Crippen LogP contribution in [0.25, 0.3) is 0 Å². The quantitative estimate of drug-likeness (QED) is 0.834. The van der Waals surface area contributed by atoms with Gasteiger partial charge in [0.25, 0.3) is 5.91 Å². The van der Waals surface area contributed by atoms with E-state index >= 15 is 0 Å². The maximum Gasteiger partial charge on any atom is 0.371 e. The Morgan fingerprint density at radius 3 is 2.71 bits per heavy atom. The van der Waals surface area contributed by atoms with Crippen molar-refractivity contribution in [3.63, 3.8) is 0 Å². The Labute approximate surface area is 143 Å². The van der Waals surface area contributed by atoms with Crippen LogP contribution in [-0.4, -0.2) is 28.5 Å². The molecule has 0 saturated heterocycles. The largest absolute Gasteiger partial charge is 0.475 e. The third-order valence-electron chi connectivity index (χ3n) is 4.26. The van der Waals surface area contributed by atoms with Gasteiger partial charge >= 0.3 is 5.97 Å². The van der Waals surface area contributed by atoms with Crippen LogP contribution in [0.5, 0.6) is 0 Å². The molecule has 0 spiro atoms. The van der Waals surface area contributed by atoms with Crippen LogP contribution in [0, 0.1) is 0 Å². The summed E-state index contributed by atoms with van der Waals surface area (Å²) in [5.41, 5.74) is 1.19. The minimum absolute atomic E-state index is 0.00873. The first kappa shape index (κ1) is 16.7. The predicted octanol–water partition coefficient (Wildman–Crippen LogP) is 3.45. The number of aromatic carboxylic acids is 1. The molecule has 2 N–H and O–H groups in total. The number of thiazole rings is 1. The number of nitrogens with one attached hydrogen (secondary N) is 1. The first-order chi connectivity index (χ1) is 11.6. The molecule has 3 rings (SSSR count). The van der Waals surface area contributed by atoms with Gasteiger partial charge in [-0.15, -0.1) is 11.3 Å². The number of nitrogens with zero attached hydrogens (tertiary/aromatic N) is 1. The molecule has 24 heavy (non-hydrogen) atoms. The van der Waals surface area contributed by atoms with Crippen LogP contribution in [0.1, 0.15) is 69.8 Å². The van der Waals surface area contributed by atoms with Crippen molar-refractivity contribution in [2.45, 2.75) is 44.4 Å². The first-order valence-corrected chi connectivity index (χ1v) is 9.07. The second kappa shape index (κ2) is 7.61. The SMILES string of the molecule is O=C(O)c1ccc(C(=O)NCCc2nc(C3CCCCC3)cs2)o1. The molecule has 2 heterocycles. The van der Waals surface area contributed by atoms with E-state index < -0.39 is 11.9 Å². The van der Waals surface area contributed by atoms with E-state index in [1.165, 1.54) is 49.9 Å². The molecule has 2 aromatic heterocycles. The highest BCUT2D eigenvalue weighted by Crippen LogP contribution is 2.33. The summed E-state index contributed by atoms with van der Waals surface area (Å²) in [4.78, 5) is 27.3. The van der Waals surface area contributed by atoms with E-state index in [1.807, 2.05) is 0 Å². The summed E-state index contributed by atoms with van der Waals surface area (Å²) in [7, 11) is 0. The zero-order valence-corrected chi connectivity index (χ0v) is 14.1. The van der Waals surface area contributed by atoms with Gasteiger partial charge in [0.05, 0.1) is 10.7 Å². The van der Waals surface area contributed by atoms with Crippen molar-refractivity contribution in [3.8, 4) is 0 Å². The lowest BCUT2D eigenvalue weighted by molar-refractivity contribution is 0.0659. The Hall–Kier alpha value is -2.15. The summed E-state index contributed by atoms with van der Waals surface area (Å²) >= 11 is 1.64. The lowest BCUT2D eigenvalue weighted by Crippen LogP contribution is -2.25. The van der Waals surface area contributed by atoms with E-state index in [9.17, 15) is 9.59 Å². The number of hydrogen-bond acceptors (Lipinski definition) is 5. The van der Waals surface area contributed by atoms with Crippen molar-refractivity contribution in [2.75, 3.05) is 6.54 Å². The second-order valence-corrected chi connectivity index (χ2v) is 6.92. The normalized spacial score (nSPS) is 15.3. The van der Waals surface area contributed by atoms with Crippen LogP contribution < -0.4 is 5.32 Å². The zero-order chi connectivity index (χ0) is 16.9. The fraction of sp³-hybridized carbons (Fsp3) is 0.471. The predicted molar refractivity (Wildman–Crippen MR) is 89.6 cm³/mol. The van der Waals surface area contributed by atoms with Crippen LogP contribution >= 0.6 is 11.3 Å². The molecule has 2 aromatic rings. The number of carbonyl (C=O) groups excluding carboxylic acids is 1. The van der Waals surface area contributed by atoms with Crippen molar-refractivity contribution in [1.29, 1.82) is 0 Å². The molecule has 1 aliphatic carbocycles. The van der Waals surface area contributed by atoms with E-state index in [1.54, 1.807) is 11.3 Å². The van der Waals surface area contributed by atoms with Crippen LogP contribution in [-0.2, 0) is 6.42 Å². The Balaban J connectivity index is 1.48. The summed E-state index contributed by atoms with van der Waals surface area (Å²) < 4.78 is 4.97. The van der Waals surface area contributed by atoms with Crippen molar-refractivity contribution >= 4 is 23.2 Å². The molecule has 1 fully saturated rings. The molecular weight excluding hydrogens is 328 g/mol. The van der Waals surface area contributed by atoms with Gasteiger partial charge < -0.3 is 14.8 Å². The molecule has 0 unspecified atom stereocenters. The summed E-state index contributed by atoms with van der Waals surface area (Å²) in [6, 6.07) is 2.64. The highest BCUT2D eigenvalue weighted by atomic mass is 32.1. The van der Waals surface area contributed by atoms with Gasteiger partial charge in [-0.3, -0.25) is 4.79 Å². The molecule has 1 aliphatic rings. The number of carbonyl (C=O) groups is 2. The van der Waals surface area contributed by atoms with E-state index in [-0.39, 0.29) is 11.5 Å². The Kier molecular flexibility index (Phi) is 5.30. The number of furan rings is 1. The highest BCUT2D eigenvalue weighted by molar-refractivity contribution is 7.09. The highest BCUT2D eigenvalue weighted by Gasteiger charge is 2.18. The monoisotopic (exact) mass is 348 g/mol. The maximum absolute atomic E-state index is 11.9. The molecule has 7 heteroatoms. The third kappa shape index (κ3) is 4.03. The van der Waals surface area contributed by atoms with Crippen molar-refractivity contribution in [1.82, 2.24) is 10.3 Å². The molecule has 0 aliphatic heterocycles. The summed E-state index contributed by atoms with van der Waals surface area (Å²) in [6.45, 7) is 0.444. The van der Waals surface area contributed by atoms with Gasteiger partial charge in [-0.1, -0.05) is 19.3 Å². The third-order valence-corrected chi connectivity index (χ3v) is 5.18. The zero-order valence-electron chi connectivity index (χ0n) is 13.3. The molecule has 0 atom stereocenters. The fourth-order valence-electron chi connectivity index (χ4n) is 2.97. The van der Waals surface area contributed by atoms with Crippen LogP contribution in [0.4, 0.5) is 0 Å². The van der Waals surface area contributed by atoms with Crippen LogP contribution in [0.3, 0.4) is 0 Å². The lowest BCUT2D eigenvalue weighted by atomic mass is 9.87. The smallest absolute Gasteiger partial charge is 0.371 e. The van der Waals surface area contributed by atoms with Gasteiger partial charge in [0.1, 0.15) is 0 Å². The maximum atomic E-state index is 11.9. The van der Waals surface area contributed by atoms with Gasteiger partial charge in [-0.25, -0.2) is 9.78 Å². The van der Waals surface area contributed by atoms with E-state index in [0.29, 0.717) is 18.9 Å². The molecule has 0 radical (unpaired) electrons. The molecule has 0 aromatic carbocycles. The molecule has 1 amide bonds. The van der Waals surface area contributed by atoms with Crippen LogP contribution in [0.15, 0.2) is 21.9 Å². The van der Waals surface area contributed by atoms with Gasteiger partial charge in [-0.05, 0) is 25.0 Å². The van der Waals surface area contributed by atoms with Crippen molar-refractivity contribution in [3.05, 3.63) is 39.7 Å². The average Bonchev–Trinajstić information content (AvgIpc) is 3.25. The number of carboxylic acids is 1. The van der Waals surface area contributed by atoms with Gasteiger partial charge in [0.15, 0.2) is 5.76 Å². The topological polar surface area (TPSA) is 92.4 Å². The molecule has 1 saturated carbocycles. The van der Waals surface area contributed by atoms with E-state index in [4.69, 9.17) is 14.5 Å². The van der Waals surface area contributed by atoms with Crippen molar-refractivity contribution in [2.24, 2.45) is 0 Å². The molecule has 0 bridgehead atoms. The van der Waals surface area contributed by atoms with Crippen LogP contribution in [0.2, 0.25) is 0 Å². The number of rotatable bonds is 6. The number of hydrogen-bond donors (Lipinski definition) is 2. The summed E-state index contributed by atoms with van der Waals surface area (Å²) in [6.07, 6.45) is 7.02. The minimum atomic E-state index is -1.19. The molecular formula is C17H20N2O4S. The van der Waals surface area contributed by atoms with Gasteiger partial charge in [0.2, 0.25) is 5.76 Å².